The highest BCUT2D eigenvalue weighted by Crippen LogP contribution is 2.33. The number of aromatic nitrogens is 3. The van der Waals surface area contributed by atoms with Crippen LogP contribution in [0.25, 0.3) is 22.0 Å². The number of halogens is 1. The number of likely N-dealkylation sites (N-methyl/N-ethyl adjacent to an activating group) is 1. The number of benzene rings is 1. The van der Waals surface area contributed by atoms with E-state index >= 15 is 0 Å². The van der Waals surface area contributed by atoms with Gasteiger partial charge < -0.3 is 19.1 Å². The Kier molecular flexibility index (Phi) is 8.11. The lowest BCUT2D eigenvalue weighted by atomic mass is 9.89. The molecule has 0 aliphatic carbocycles. The number of piperidine rings is 1. The third-order valence-electron chi connectivity index (χ3n) is 7.10. The van der Waals surface area contributed by atoms with Gasteiger partial charge in [0.15, 0.2) is 0 Å². The fourth-order valence-corrected chi connectivity index (χ4v) is 6.31. The molecule has 4 heterocycles. The summed E-state index contributed by atoms with van der Waals surface area (Å²) in [5, 5.41) is 0.955. The van der Waals surface area contributed by atoms with E-state index in [0.29, 0.717) is 18.0 Å². The molecule has 0 radical (unpaired) electrons. The number of ether oxygens (including phenoxy) is 1. The minimum atomic E-state index is 0.00635. The van der Waals surface area contributed by atoms with E-state index in [1.807, 2.05) is 28.6 Å². The van der Waals surface area contributed by atoms with E-state index in [0.717, 1.165) is 60.6 Å². The van der Waals surface area contributed by atoms with Crippen LogP contribution in [-0.4, -0.2) is 58.8 Å². The predicted octanol–water partition coefficient (Wildman–Crippen LogP) is 5.57. The fourth-order valence-electron chi connectivity index (χ4n) is 4.97. The molecule has 9 heteroatoms. The molecule has 0 amide bonds. The van der Waals surface area contributed by atoms with Gasteiger partial charge in [-0.05, 0) is 68.8 Å². The van der Waals surface area contributed by atoms with Crippen LogP contribution in [0.5, 0.6) is 5.75 Å². The number of aryl methyl sites for hydroxylation is 1. The molecule has 1 aromatic carbocycles. The van der Waals surface area contributed by atoms with Gasteiger partial charge in [0.1, 0.15) is 23.7 Å². The van der Waals surface area contributed by atoms with E-state index in [1.54, 1.807) is 11.6 Å². The quantitative estimate of drug-likeness (QED) is 0.238. The highest BCUT2D eigenvalue weighted by molar-refractivity contribution is 14.2. The van der Waals surface area contributed by atoms with Gasteiger partial charge in [-0.25, -0.2) is 4.98 Å². The highest BCUT2D eigenvalue weighted by Gasteiger charge is 2.22. The van der Waals surface area contributed by atoms with Crippen molar-refractivity contribution in [3.8, 4) is 16.9 Å². The van der Waals surface area contributed by atoms with Crippen molar-refractivity contribution in [2.45, 2.75) is 18.8 Å². The van der Waals surface area contributed by atoms with Gasteiger partial charge in [0.25, 0.3) is 5.56 Å². The number of rotatable bonds is 8. The molecular weight excluding hydrogens is 597 g/mol. The lowest BCUT2D eigenvalue weighted by molar-refractivity contribution is 0.261. The van der Waals surface area contributed by atoms with Crippen LogP contribution in [0.3, 0.4) is 0 Å². The molecule has 0 bridgehead atoms. The molecule has 5 rings (SSSR count). The van der Waals surface area contributed by atoms with Crippen molar-refractivity contribution in [1.82, 2.24) is 18.4 Å². The lowest BCUT2D eigenvalue weighted by Crippen LogP contribution is -2.33. The van der Waals surface area contributed by atoms with Crippen molar-refractivity contribution in [1.29, 1.82) is 0 Å². The van der Waals surface area contributed by atoms with Crippen LogP contribution in [0.2, 0.25) is 0 Å². The van der Waals surface area contributed by atoms with Crippen molar-refractivity contribution in [3.05, 3.63) is 77.0 Å². The van der Waals surface area contributed by atoms with Gasteiger partial charge in [-0.3, -0.25) is 8.77 Å². The molecule has 0 spiro atoms. The molecule has 37 heavy (non-hydrogen) atoms. The minimum absolute atomic E-state index is 0.00635. The lowest BCUT2D eigenvalue weighted by Gasteiger charge is -2.33. The van der Waals surface area contributed by atoms with Crippen LogP contribution in [0.15, 0.2) is 65.8 Å². The van der Waals surface area contributed by atoms with Crippen LogP contribution in [-0.2, 0) is 7.05 Å². The maximum atomic E-state index is 12.7. The van der Waals surface area contributed by atoms with Gasteiger partial charge in [-0.15, -0.1) is 0 Å². The Morgan fingerprint density at radius 2 is 1.86 bits per heavy atom. The SMILES string of the molecule is CN(C)CCOc1ccc(C2CCN(c3ccc(-c4cn(C)c(=O)c5c4ccn5SI)cn3)CC2)cc1. The van der Waals surface area contributed by atoms with Crippen molar-refractivity contribution < 1.29 is 4.74 Å². The van der Waals surface area contributed by atoms with E-state index in [-0.39, 0.29) is 5.56 Å². The molecule has 0 unspecified atom stereocenters. The Bertz CT molecular complexity index is 1410. The Labute approximate surface area is 234 Å². The smallest absolute Gasteiger partial charge is 0.275 e. The van der Waals surface area contributed by atoms with Crippen LogP contribution >= 0.6 is 30.3 Å². The summed E-state index contributed by atoms with van der Waals surface area (Å²) in [6, 6.07) is 14.9. The van der Waals surface area contributed by atoms with Gasteiger partial charge >= 0.3 is 0 Å². The standard InChI is InChI=1S/C28H32IN5O2S/c1-31(2)16-17-36-23-7-4-20(5-8-23)21-10-13-33(14-11-21)26-9-6-22(18-30-26)25-19-32(3)28(35)27-24(25)12-15-34(27)37-29/h4-9,12,15,18-19,21H,10-11,13-14,16-17H2,1-3H3. The van der Waals surface area contributed by atoms with Crippen LogP contribution < -0.4 is 15.2 Å². The molecular formula is C28H32IN5O2S. The molecule has 1 aliphatic heterocycles. The first-order chi connectivity index (χ1) is 17.9. The maximum Gasteiger partial charge on any atom is 0.275 e. The normalized spacial score (nSPS) is 14.6. The summed E-state index contributed by atoms with van der Waals surface area (Å²) in [6.45, 7) is 3.58. The van der Waals surface area contributed by atoms with Gasteiger partial charge in [0, 0.05) is 92.1 Å². The van der Waals surface area contributed by atoms with Crippen molar-refractivity contribution in [3.63, 3.8) is 0 Å². The summed E-state index contributed by atoms with van der Waals surface area (Å²) < 4.78 is 9.41. The zero-order valence-electron chi connectivity index (χ0n) is 21.4. The first-order valence-electron chi connectivity index (χ1n) is 12.5. The molecule has 3 aromatic heterocycles. The fraction of sp³-hybridized carbons (Fsp3) is 0.357. The summed E-state index contributed by atoms with van der Waals surface area (Å²) in [7, 11) is 7.41. The molecule has 0 saturated carbocycles. The summed E-state index contributed by atoms with van der Waals surface area (Å²) in [5.41, 5.74) is 4.14. The minimum Gasteiger partial charge on any atom is -0.492 e. The number of hydrogen-bond acceptors (Lipinski definition) is 6. The number of nitrogens with zero attached hydrogens (tertiary/aromatic N) is 5. The second-order valence-electron chi connectivity index (χ2n) is 9.82. The zero-order chi connectivity index (χ0) is 25.9. The predicted molar refractivity (Wildman–Crippen MR) is 162 cm³/mol. The second-order valence-corrected chi connectivity index (χ2v) is 11.5. The molecule has 4 aromatic rings. The van der Waals surface area contributed by atoms with Gasteiger partial charge in [-0.2, -0.15) is 0 Å². The number of anilines is 1. The highest BCUT2D eigenvalue weighted by atomic mass is 127. The Balaban J connectivity index is 1.24. The first-order valence-corrected chi connectivity index (χ1v) is 15.8. The summed E-state index contributed by atoms with van der Waals surface area (Å²) in [5.74, 6) is 2.51. The third kappa shape index (κ3) is 5.68. The molecule has 1 fully saturated rings. The van der Waals surface area contributed by atoms with Gasteiger partial charge in [0.05, 0.1) is 0 Å². The summed E-state index contributed by atoms with van der Waals surface area (Å²) >= 11 is 2.20. The van der Waals surface area contributed by atoms with Crippen LogP contribution in [0, 0.1) is 0 Å². The average Bonchev–Trinajstić information content (AvgIpc) is 3.36. The number of hydrogen-bond donors (Lipinski definition) is 0. The van der Waals surface area contributed by atoms with E-state index in [2.05, 4.69) is 81.5 Å². The Morgan fingerprint density at radius 1 is 1.11 bits per heavy atom. The molecule has 7 nitrogen and oxygen atoms in total. The zero-order valence-corrected chi connectivity index (χ0v) is 24.4. The first kappa shape index (κ1) is 26.1. The van der Waals surface area contributed by atoms with Crippen molar-refractivity contribution in [2.75, 3.05) is 45.2 Å². The van der Waals surface area contributed by atoms with E-state index in [4.69, 9.17) is 9.72 Å². The molecule has 0 atom stereocenters. The molecule has 194 valence electrons. The third-order valence-corrected chi connectivity index (χ3v) is 8.82. The molecule has 1 aliphatic rings. The van der Waals surface area contributed by atoms with E-state index in [9.17, 15) is 4.79 Å². The maximum absolute atomic E-state index is 12.7. The van der Waals surface area contributed by atoms with Crippen LogP contribution in [0.1, 0.15) is 24.3 Å². The van der Waals surface area contributed by atoms with Crippen molar-refractivity contribution in [2.24, 2.45) is 7.05 Å². The van der Waals surface area contributed by atoms with Gasteiger partial charge in [-0.1, -0.05) is 12.1 Å². The molecule has 1 saturated heterocycles. The van der Waals surface area contributed by atoms with Crippen LogP contribution in [0.4, 0.5) is 5.82 Å². The summed E-state index contributed by atoms with van der Waals surface area (Å²) in [6.07, 6.45) is 8.00. The van der Waals surface area contributed by atoms with Gasteiger partial charge in [0.2, 0.25) is 0 Å². The number of fused-ring (bicyclic) bond motifs is 1. The Hall–Kier alpha value is -2.50. The largest absolute Gasteiger partial charge is 0.492 e. The second kappa shape index (κ2) is 11.5. The van der Waals surface area contributed by atoms with Crippen molar-refractivity contribution >= 4 is 47.0 Å². The monoisotopic (exact) mass is 629 g/mol. The molecule has 0 N–H and O–H groups in total. The van der Waals surface area contributed by atoms with E-state index < -0.39 is 0 Å². The average molecular weight is 630 g/mol. The Morgan fingerprint density at radius 3 is 2.51 bits per heavy atom. The summed E-state index contributed by atoms with van der Waals surface area (Å²) in [4.78, 5) is 22.0. The topological polar surface area (TPSA) is 55.5 Å². The van der Waals surface area contributed by atoms with E-state index in [1.165, 1.54) is 14.7 Å². The number of pyridine rings is 2.